The smallest absolute Gasteiger partial charge is 0.255 e. The zero-order valence-electron chi connectivity index (χ0n) is 18.4. The molecule has 0 saturated carbocycles. The second kappa shape index (κ2) is 12.5. The van der Waals surface area contributed by atoms with E-state index in [9.17, 15) is 14.0 Å². The van der Waals surface area contributed by atoms with Gasteiger partial charge in [-0.2, -0.15) is 0 Å². The Morgan fingerprint density at radius 1 is 1.09 bits per heavy atom. The highest BCUT2D eigenvalue weighted by molar-refractivity contribution is 6.04. The molecule has 180 valence electrons. The number of halogens is 3. The monoisotopic (exact) mass is 504 g/mol. The van der Waals surface area contributed by atoms with Crippen LogP contribution < -0.4 is 11.1 Å². The van der Waals surface area contributed by atoms with E-state index in [0.717, 1.165) is 24.0 Å². The molecule has 2 amide bonds. The van der Waals surface area contributed by atoms with Crippen LogP contribution in [-0.4, -0.2) is 28.2 Å². The maximum Gasteiger partial charge on any atom is 0.255 e. The van der Waals surface area contributed by atoms with Crippen molar-refractivity contribution in [2.75, 3.05) is 11.9 Å². The van der Waals surface area contributed by atoms with Gasteiger partial charge in [0.1, 0.15) is 5.82 Å². The fourth-order valence-corrected chi connectivity index (χ4v) is 4.07. The third-order valence-electron chi connectivity index (χ3n) is 5.74. The van der Waals surface area contributed by atoms with Crippen molar-refractivity contribution in [2.24, 2.45) is 5.73 Å². The Bertz CT molecular complexity index is 1100. The molecule has 0 spiro atoms. The number of benzene rings is 2. The van der Waals surface area contributed by atoms with Crippen LogP contribution in [0.3, 0.4) is 0 Å². The van der Waals surface area contributed by atoms with Gasteiger partial charge in [-0.15, -0.1) is 24.8 Å². The molecule has 34 heavy (non-hydrogen) atoms. The number of anilines is 1. The summed E-state index contributed by atoms with van der Waals surface area (Å²) in [6, 6.07) is 16.2. The van der Waals surface area contributed by atoms with Gasteiger partial charge < -0.3 is 16.0 Å². The minimum Gasteiger partial charge on any atom is -0.336 e. The van der Waals surface area contributed by atoms with Gasteiger partial charge >= 0.3 is 0 Å². The molecule has 3 N–H and O–H groups in total. The second-order valence-electron chi connectivity index (χ2n) is 7.92. The molecular formula is C25H27Cl2FN4O2. The summed E-state index contributed by atoms with van der Waals surface area (Å²) in [5, 5.41) is 2.80. The Hall–Kier alpha value is -3.00. The Labute approximate surface area is 210 Å². The zero-order valence-corrected chi connectivity index (χ0v) is 20.0. The number of nitrogens with zero attached hydrogens (tertiary/aromatic N) is 2. The maximum absolute atomic E-state index is 13.6. The summed E-state index contributed by atoms with van der Waals surface area (Å²) in [4.78, 5) is 31.1. The first-order valence-corrected chi connectivity index (χ1v) is 10.6. The summed E-state index contributed by atoms with van der Waals surface area (Å²) in [6.45, 7) is 0.640. The Morgan fingerprint density at radius 3 is 2.47 bits per heavy atom. The average molecular weight is 505 g/mol. The van der Waals surface area contributed by atoms with Crippen molar-refractivity contribution >= 4 is 42.3 Å². The Balaban J connectivity index is 0.00000204. The molecule has 3 aromatic rings. The normalized spacial score (nSPS) is 15.6. The van der Waals surface area contributed by atoms with Crippen molar-refractivity contribution in [1.29, 1.82) is 0 Å². The lowest BCUT2D eigenvalue weighted by Gasteiger charge is -2.26. The molecule has 6 nitrogen and oxygen atoms in total. The molecule has 2 aromatic carbocycles. The zero-order chi connectivity index (χ0) is 22.5. The van der Waals surface area contributed by atoms with Crippen molar-refractivity contribution in [1.82, 2.24) is 9.88 Å². The number of hydrogen-bond acceptors (Lipinski definition) is 4. The lowest BCUT2D eigenvalue weighted by Crippen LogP contribution is -2.33. The molecule has 0 aliphatic carbocycles. The fourth-order valence-electron chi connectivity index (χ4n) is 4.07. The molecule has 2 heterocycles. The fraction of sp³-hybridized carbons (Fsp3) is 0.240. The van der Waals surface area contributed by atoms with Crippen LogP contribution in [0.5, 0.6) is 0 Å². The van der Waals surface area contributed by atoms with E-state index in [-0.39, 0.29) is 54.9 Å². The van der Waals surface area contributed by atoms with Crippen LogP contribution in [0.15, 0.2) is 73.1 Å². The predicted molar refractivity (Wildman–Crippen MR) is 135 cm³/mol. The third kappa shape index (κ3) is 6.53. The van der Waals surface area contributed by atoms with Crippen molar-refractivity contribution in [3.63, 3.8) is 0 Å². The van der Waals surface area contributed by atoms with Crippen LogP contribution >= 0.6 is 24.8 Å². The van der Waals surface area contributed by atoms with Gasteiger partial charge in [0.15, 0.2) is 0 Å². The van der Waals surface area contributed by atoms with Crippen LogP contribution in [-0.2, 0) is 4.79 Å². The summed E-state index contributed by atoms with van der Waals surface area (Å²) in [7, 11) is 0. The molecule has 2 atom stereocenters. The molecule has 1 aliphatic rings. The lowest BCUT2D eigenvalue weighted by atomic mass is 10.0. The van der Waals surface area contributed by atoms with Crippen molar-refractivity contribution in [2.45, 2.75) is 31.3 Å². The number of likely N-dealkylation sites (tertiary alicyclic amines) is 1. The number of pyridine rings is 1. The van der Waals surface area contributed by atoms with Crippen molar-refractivity contribution < 1.29 is 14.0 Å². The Morgan fingerprint density at radius 2 is 1.79 bits per heavy atom. The van der Waals surface area contributed by atoms with Crippen LogP contribution in [0.4, 0.5) is 10.1 Å². The van der Waals surface area contributed by atoms with Gasteiger partial charge in [0.05, 0.1) is 6.04 Å². The number of amides is 2. The van der Waals surface area contributed by atoms with E-state index in [4.69, 9.17) is 5.73 Å². The molecule has 1 aromatic heterocycles. The van der Waals surface area contributed by atoms with E-state index in [0.29, 0.717) is 17.8 Å². The molecule has 1 fully saturated rings. The summed E-state index contributed by atoms with van der Waals surface area (Å²) in [6.07, 6.45) is 5.05. The minimum absolute atomic E-state index is 0. The first-order chi connectivity index (χ1) is 15.5. The topological polar surface area (TPSA) is 88.3 Å². The van der Waals surface area contributed by atoms with E-state index < -0.39 is 6.04 Å². The van der Waals surface area contributed by atoms with Gasteiger partial charge in [-0.1, -0.05) is 24.3 Å². The van der Waals surface area contributed by atoms with Crippen molar-refractivity contribution in [3.8, 4) is 0 Å². The van der Waals surface area contributed by atoms with Gasteiger partial charge in [0.2, 0.25) is 5.91 Å². The molecule has 1 aliphatic heterocycles. The highest BCUT2D eigenvalue weighted by atomic mass is 35.5. The number of aromatic nitrogens is 1. The summed E-state index contributed by atoms with van der Waals surface area (Å²) in [5.74, 6) is -0.585. The van der Waals surface area contributed by atoms with Gasteiger partial charge in [-0.25, -0.2) is 4.39 Å². The maximum atomic E-state index is 13.6. The number of carbonyl (C=O) groups is 2. The highest BCUT2D eigenvalue weighted by Gasteiger charge is 2.31. The van der Waals surface area contributed by atoms with Crippen LogP contribution in [0.25, 0.3) is 0 Å². The van der Waals surface area contributed by atoms with Crippen LogP contribution in [0, 0.1) is 5.82 Å². The number of nitrogens with two attached hydrogens (primary N) is 1. The van der Waals surface area contributed by atoms with Crippen LogP contribution in [0.2, 0.25) is 0 Å². The first kappa shape index (κ1) is 27.2. The molecular weight excluding hydrogens is 478 g/mol. The average Bonchev–Trinajstić information content (AvgIpc) is 3.30. The lowest BCUT2D eigenvalue weighted by molar-refractivity contribution is -0.132. The van der Waals surface area contributed by atoms with Gasteiger partial charge in [0.25, 0.3) is 5.91 Å². The number of rotatable bonds is 6. The van der Waals surface area contributed by atoms with E-state index in [1.54, 1.807) is 59.8 Å². The van der Waals surface area contributed by atoms with E-state index in [1.165, 1.54) is 12.1 Å². The predicted octanol–water partition coefficient (Wildman–Crippen LogP) is 5.07. The van der Waals surface area contributed by atoms with E-state index >= 15 is 0 Å². The minimum atomic E-state index is -0.492. The molecule has 0 unspecified atom stereocenters. The van der Waals surface area contributed by atoms with Crippen LogP contribution in [0.1, 0.15) is 52.8 Å². The van der Waals surface area contributed by atoms with Crippen molar-refractivity contribution in [3.05, 3.63) is 95.6 Å². The van der Waals surface area contributed by atoms with Gasteiger partial charge in [-0.05, 0) is 60.4 Å². The molecule has 1 saturated heterocycles. The number of hydrogen-bond donors (Lipinski definition) is 2. The van der Waals surface area contributed by atoms with E-state index in [2.05, 4.69) is 10.3 Å². The molecule has 0 bridgehead atoms. The number of carbonyl (C=O) groups excluding carboxylic acids is 2. The summed E-state index contributed by atoms with van der Waals surface area (Å²) < 4.78 is 13.6. The quantitative estimate of drug-likeness (QED) is 0.490. The Kier molecular flexibility index (Phi) is 9.98. The number of nitrogens with one attached hydrogen (secondary N) is 1. The third-order valence-corrected chi connectivity index (χ3v) is 5.74. The summed E-state index contributed by atoms with van der Waals surface area (Å²) in [5.41, 5.74) is 9.06. The van der Waals surface area contributed by atoms with Gasteiger partial charge in [-0.3, -0.25) is 14.6 Å². The molecule has 0 radical (unpaired) electrons. The molecule has 4 rings (SSSR count). The largest absolute Gasteiger partial charge is 0.336 e. The SMILES string of the molecule is Cl.Cl.N[C@@H](CC(=O)N1CCC[C@@H]1c1cccc(F)c1)c1ccc(C(=O)Nc2ccncc2)cc1. The highest BCUT2D eigenvalue weighted by Crippen LogP contribution is 2.33. The first-order valence-electron chi connectivity index (χ1n) is 10.6. The standard InChI is InChI=1S/C25H25FN4O2.2ClH/c26-20-4-1-3-19(15-20)23-5-2-14-30(23)24(31)16-22(27)17-6-8-18(9-7-17)25(32)29-21-10-12-28-13-11-21;;/h1,3-4,6-13,15,22-23H,2,5,14,16,27H2,(H,28,29,32);2*1H/t22-,23+;;/m0../s1. The molecule has 9 heteroatoms. The van der Waals surface area contributed by atoms with Gasteiger partial charge in [0, 0.05) is 42.7 Å². The van der Waals surface area contributed by atoms with E-state index in [1.807, 2.05) is 6.07 Å². The second-order valence-corrected chi connectivity index (χ2v) is 7.92. The summed E-state index contributed by atoms with van der Waals surface area (Å²) >= 11 is 0.